The molecule has 0 saturated carbocycles. The highest BCUT2D eigenvalue weighted by atomic mass is 16.5. The van der Waals surface area contributed by atoms with Crippen molar-refractivity contribution in [2.75, 3.05) is 19.7 Å². The largest absolute Gasteiger partial charge is 0.466 e. The van der Waals surface area contributed by atoms with Gasteiger partial charge in [-0.2, -0.15) is 0 Å². The molecule has 0 aromatic rings. The van der Waals surface area contributed by atoms with Crippen molar-refractivity contribution in [2.45, 2.75) is 18.9 Å². The first kappa shape index (κ1) is 10.8. The lowest BCUT2D eigenvalue weighted by molar-refractivity contribution is -0.146. The molecule has 14 heavy (non-hydrogen) atoms. The van der Waals surface area contributed by atoms with E-state index in [0.717, 1.165) is 0 Å². The Balaban J connectivity index is 2.33. The maximum Gasteiger partial charge on any atom is 0.407 e. The molecule has 1 aliphatic rings. The molecule has 0 aliphatic carbocycles. The van der Waals surface area contributed by atoms with Gasteiger partial charge in [0.25, 0.3) is 0 Å². The third-order valence-corrected chi connectivity index (χ3v) is 2.08. The highest BCUT2D eigenvalue weighted by molar-refractivity contribution is 5.73. The fourth-order valence-corrected chi connectivity index (χ4v) is 1.46. The molecule has 1 fully saturated rings. The quantitative estimate of drug-likeness (QED) is 0.609. The van der Waals surface area contributed by atoms with Crippen molar-refractivity contribution in [1.82, 2.24) is 4.90 Å². The maximum absolute atomic E-state index is 11.1. The van der Waals surface area contributed by atoms with E-state index in [1.807, 2.05) is 0 Å². The summed E-state index contributed by atoms with van der Waals surface area (Å²) in [7, 11) is 0. The van der Waals surface area contributed by atoms with Gasteiger partial charge in [0.1, 0.15) is 0 Å². The summed E-state index contributed by atoms with van der Waals surface area (Å²) in [6.07, 6.45) is -0.931. The minimum Gasteiger partial charge on any atom is -0.466 e. The second-order valence-corrected chi connectivity index (χ2v) is 3.48. The zero-order chi connectivity index (χ0) is 10.8. The number of esters is 1. The smallest absolute Gasteiger partial charge is 0.407 e. The Bertz CT molecular complexity index is 248. The molecule has 1 heterocycles. The van der Waals surface area contributed by atoms with Crippen molar-refractivity contribution in [2.24, 2.45) is 5.73 Å². The molecule has 0 unspecified atom stereocenters. The number of nitrogens with two attached hydrogens (primary N) is 1. The van der Waals surface area contributed by atoms with Gasteiger partial charge in [-0.15, -0.1) is 0 Å². The van der Waals surface area contributed by atoms with Crippen molar-refractivity contribution in [3.63, 3.8) is 0 Å². The molecule has 0 atom stereocenters. The van der Waals surface area contributed by atoms with Crippen LogP contribution >= 0.6 is 0 Å². The average molecular weight is 202 g/mol. The van der Waals surface area contributed by atoms with Crippen molar-refractivity contribution >= 4 is 12.1 Å². The summed E-state index contributed by atoms with van der Waals surface area (Å²) in [4.78, 5) is 22.7. The van der Waals surface area contributed by atoms with Crippen LogP contribution in [0.25, 0.3) is 0 Å². The first-order valence-corrected chi connectivity index (χ1v) is 4.39. The number of rotatable bonds is 3. The minimum absolute atomic E-state index is 0.0740. The van der Waals surface area contributed by atoms with Crippen LogP contribution in [0.2, 0.25) is 0 Å². The summed E-state index contributed by atoms with van der Waals surface area (Å²) in [5.41, 5.74) is 5.02. The SMILES string of the molecule is CCOC(=O)CC1(N)CN(C(=O)O)C1. The van der Waals surface area contributed by atoms with E-state index in [0.29, 0.717) is 6.61 Å². The van der Waals surface area contributed by atoms with E-state index < -0.39 is 11.6 Å². The van der Waals surface area contributed by atoms with Crippen LogP contribution in [0.15, 0.2) is 0 Å². The van der Waals surface area contributed by atoms with Gasteiger partial charge in [-0.1, -0.05) is 0 Å². The Morgan fingerprint density at radius 1 is 1.57 bits per heavy atom. The van der Waals surface area contributed by atoms with Gasteiger partial charge in [0.2, 0.25) is 0 Å². The van der Waals surface area contributed by atoms with Crippen LogP contribution in [-0.4, -0.2) is 47.3 Å². The summed E-state index contributed by atoms with van der Waals surface area (Å²) >= 11 is 0. The van der Waals surface area contributed by atoms with Crippen LogP contribution in [0, 0.1) is 0 Å². The molecule has 80 valence electrons. The first-order valence-electron chi connectivity index (χ1n) is 4.39. The number of carbonyl (C=O) groups excluding carboxylic acids is 1. The monoisotopic (exact) mass is 202 g/mol. The zero-order valence-electron chi connectivity index (χ0n) is 8.02. The standard InChI is InChI=1S/C8H14N2O4/c1-2-14-6(11)3-8(9)4-10(5-8)7(12)13/h2-5,9H2,1H3,(H,12,13). The molecule has 1 amide bonds. The minimum atomic E-state index is -1.00. The van der Waals surface area contributed by atoms with Gasteiger partial charge in [-0.25, -0.2) is 4.79 Å². The lowest BCUT2D eigenvalue weighted by Gasteiger charge is -2.45. The average Bonchev–Trinajstić information content (AvgIpc) is 1.99. The zero-order valence-corrected chi connectivity index (χ0v) is 8.02. The van der Waals surface area contributed by atoms with Crippen LogP contribution in [0.1, 0.15) is 13.3 Å². The third-order valence-electron chi connectivity index (χ3n) is 2.08. The van der Waals surface area contributed by atoms with Crippen molar-refractivity contribution in [3.8, 4) is 0 Å². The summed E-state index contributed by atoms with van der Waals surface area (Å²) in [6, 6.07) is 0. The lowest BCUT2D eigenvalue weighted by atomic mass is 9.88. The van der Waals surface area contributed by atoms with E-state index in [-0.39, 0.29) is 25.5 Å². The normalized spacial score (nSPS) is 18.6. The Morgan fingerprint density at radius 3 is 2.57 bits per heavy atom. The van der Waals surface area contributed by atoms with Gasteiger partial charge in [-0.05, 0) is 6.92 Å². The fourth-order valence-electron chi connectivity index (χ4n) is 1.46. The Hall–Kier alpha value is -1.30. The van der Waals surface area contributed by atoms with E-state index in [9.17, 15) is 9.59 Å². The third kappa shape index (κ3) is 2.35. The van der Waals surface area contributed by atoms with Gasteiger partial charge >= 0.3 is 12.1 Å². The van der Waals surface area contributed by atoms with E-state index in [1.165, 1.54) is 4.90 Å². The number of carboxylic acid groups (broad SMARTS) is 1. The van der Waals surface area contributed by atoms with Gasteiger partial charge in [0, 0.05) is 13.1 Å². The summed E-state index contributed by atoms with van der Waals surface area (Å²) in [5.74, 6) is -0.375. The van der Waals surface area contributed by atoms with E-state index in [2.05, 4.69) is 0 Å². The molecule has 0 spiro atoms. The van der Waals surface area contributed by atoms with Gasteiger partial charge in [0.15, 0.2) is 0 Å². The maximum atomic E-state index is 11.1. The molecule has 0 aromatic heterocycles. The molecular formula is C8H14N2O4. The number of nitrogens with zero attached hydrogens (tertiary/aromatic N) is 1. The predicted molar refractivity (Wildman–Crippen MR) is 47.8 cm³/mol. The molecule has 6 heteroatoms. The van der Waals surface area contributed by atoms with Crippen LogP contribution in [-0.2, 0) is 9.53 Å². The second kappa shape index (κ2) is 3.83. The van der Waals surface area contributed by atoms with Crippen molar-refractivity contribution in [1.29, 1.82) is 0 Å². The summed E-state index contributed by atoms with van der Waals surface area (Å²) in [6.45, 7) is 2.42. The number of ether oxygens (including phenoxy) is 1. The molecule has 1 aliphatic heterocycles. The lowest BCUT2D eigenvalue weighted by Crippen LogP contribution is -2.69. The second-order valence-electron chi connectivity index (χ2n) is 3.48. The van der Waals surface area contributed by atoms with Gasteiger partial charge in [-0.3, -0.25) is 4.79 Å². The molecule has 0 bridgehead atoms. The molecule has 6 nitrogen and oxygen atoms in total. The molecule has 1 rings (SSSR count). The fraction of sp³-hybridized carbons (Fsp3) is 0.750. The highest BCUT2D eigenvalue weighted by Gasteiger charge is 2.43. The van der Waals surface area contributed by atoms with Gasteiger partial charge in [0.05, 0.1) is 18.6 Å². The van der Waals surface area contributed by atoms with Crippen LogP contribution < -0.4 is 5.73 Å². The number of hydrogen-bond donors (Lipinski definition) is 2. The number of hydrogen-bond acceptors (Lipinski definition) is 4. The highest BCUT2D eigenvalue weighted by Crippen LogP contribution is 2.22. The summed E-state index contributed by atoms with van der Waals surface area (Å²) < 4.78 is 4.72. The Labute approximate surface area is 81.6 Å². The Kier molecular flexibility index (Phi) is 2.95. The Morgan fingerprint density at radius 2 is 2.14 bits per heavy atom. The van der Waals surface area contributed by atoms with Gasteiger partial charge < -0.3 is 20.5 Å². The van der Waals surface area contributed by atoms with Crippen LogP contribution in [0.3, 0.4) is 0 Å². The summed E-state index contributed by atoms with van der Waals surface area (Å²) in [5, 5.41) is 8.56. The van der Waals surface area contributed by atoms with E-state index in [1.54, 1.807) is 6.92 Å². The molecule has 0 aromatic carbocycles. The van der Waals surface area contributed by atoms with E-state index >= 15 is 0 Å². The van der Waals surface area contributed by atoms with Crippen LogP contribution in [0.5, 0.6) is 0 Å². The number of carbonyl (C=O) groups is 2. The first-order chi connectivity index (χ1) is 6.47. The topological polar surface area (TPSA) is 92.9 Å². The molecular weight excluding hydrogens is 188 g/mol. The van der Waals surface area contributed by atoms with E-state index in [4.69, 9.17) is 15.6 Å². The van der Waals surface area contributed by atoms with Crippen LogP contribution in [0.4, 0.5) is 4.79 Å². The molecule has 3 N–H and O–H groups in total. The predicted octanol–water partition coefficient (Wildman–Crippen LogP) is -0.369. The number of likely N-dealkylation sites (tertiary alicyclic amines) is 1. The van der Waals surface area contributed by atoms with Crippen molar-refractivity contribution in [3.05, 3.63) is 0 Å². The molecule has 0 radical (unpaired) electrons. The number of amides is 1. The van der Waals surface area contributed by atoms with Crippen molar-refractivity contribution < 1.29 is 19.4 Å². The molecule has 1 saturated heterocycles.